The van der Waals surface area contributed by atoms with Crippen LogP contribution >= 0.6 is 23.4 Å². The van der Waals surface area contributed by atoms with Crippen molar-refractivity contribution in [1.82, 2.24) is 9.78 Å². The third kappa shape index (κ3) is 3.30. The first kappa shape index (κ1) is 16.9. The molecule has 132 valence electrons. The highest BCUT2D eigenvalue weighted by Crippen LogP contribution is 2.38. The minimum Gasteiger partial charge on any atom is -0.306 e. The number of thioether (sulfide) groups is 1. The molecule has 0 spiro atoms. The van der Waals surface area contributed by atoms with Gasteiger partial charge in [-0.25, -0.2) is 13.1 Å². The molecule has 2 aromatic rings. The number of benzene rings is 1. The van der Waals surface area contributed by atoms with E-state index in [1.807, 2.05) is 0 Å². The third-order valence-electron chi connectivity index (χ3n) is 4.45. The minimum atomic E-state index is -3.04. The molecule has 1 fully saturated rings. The second kappa shape index (κ2) is 6.34. The summed E-state index contributed by atoms with van der Waals surface area (Å²) in [7, 11) is -3.04. The number of hydrogen-bond donors (Lipinski definition) is 1. The van der Waals surface area contributed by atoms with Gasteiger partial charge in [0.1, 0.15) is 5.82 Å². The van der Waals surface area contributed by atoms with Crippen LogP contribution < -0.4 is 5.32 Å². The predicted molar refractivity (Wildman–Crippen MR) is 98.9 cm³/mol. The standard InChI is InChI=1S/C16H16ClN3O3S2/c17-11-3-1-2-10(6-11)16(21)18-15-13-7-24-8-14(13)19-20(15)12-4-5-25(22,23)9-12/h1-3,6,12H,4-5,7-9H2,(H,18,21). The fraction of sp³-hybridized carbons (Fsp3) is 0.375. The highest BCUT2D eigenvalue weighted by atomic mass is 35.5. The Hall–Kier alpha value is -1.51. The lowest BCUT2D eigenvalue weighted by molar-refractivity contribution is 0.102. The van der Waals surface area contributed by atoms with Gasteiger partial charge in [-0.2, -0.15) is 16.9 Å². The van der Waals surface area contributed by atoms with Crippen LogP contribution in [0.4, 0.5) is 5.82 Å². The normalized spacial score (nSPS) is 21.2. The zero-order valence-corrected chi connectivity index (χ0v) is 15.6. The summed E-state index contributed by atoms with van der Waals surface area (Å²) < 4.78 is 25.4. The van der Waals surface area contributed by atoms with Crippen molar-refractivity contribution in [2.45, 2.75) is 24.0 Å². The van der Waals surface area contributed by atoms with Crippen LogP contribution in [0, 0.1) is 0 Å². The maximum absolute atomic E-state index is 12.6. The lowest BCUT2D eigenvalue weighted by Gasteiger charge is -2.15. The van der Waals surface area contributed by atoms with E-state index in [-0.39, 0.29) is 23.5 Å². The van der Waals surface area contributed by atoms with Gasteiger partial charge in [0.05, 0.1) is 23.2 Å². The summed E-state index contributed by atoms with van der Waals surface area (Å²) in [6, 6.07) is 6.50. The molecular weight excluding hydrogens is 382 g/mol. The van der Waals surface area contributed by atoms with Gasteiger partial charge in [-0.3, -0.25) is 4.79 Å². The van der Waals surface area contributed by atoms with E-state index in [9.17, 15) is 13.2 Å². The van der Waals surface area contributed by atoms with Gasteiger partial charge in [0, 0.05) is 27.7 Å². The number of aromatic nitrogens is 2. The molecule has 1 atom stereocenters. The molecule has 9 heteroatoms. The number of rotatable bonds is 3. The topological polar surface area (TPSA) is 81.1 Å². The first-order valence-electron chi connectivity index (χ1n) is 7.88. The van der Waals surface area contributed by atoms with E-state index in [1.165, 1.54) is 0 Å². The number of sulfone groups is 1. The Morgan fingerprint density at radius 3 is 2.92 bits per heavy atom. The maximum Gasteiger partial charge on any atom is 0.256 e. The molecule has 1 aromatic carbocycles. The van der Waals surface area contributed by atoms with Crippen molar-refractivity contribution in [3.05, 3.63) is 46.1 Å². The molecule has 0 radical (unpaired) electrons. The Kier molecular flexibility index (Phi) is 4.29. The van der Waals surface area contributed by atoms with Gasteiger partial charge in [0.2, 0.25) is 0 Å². The van der Waals surface area contributed by atoms with Crippen LogP contribution in [-0.4, -0.2) is 35.6 Å². The summed E-state index contributed by atoms with van der Waals surface area (Å²) in [5.74, 6) is 2.12. The summed E-state index contributed by atoms with van der Waals surface area (Å²) in [5, 5.41) is 8.02. The third-order valence-corrected chi connectivity index (χ3v) is 7.41. The fourth-order valence-corrected chi connectivity index (χ4v) is 6.12. The van der Waals surface area contributed by atoms with Crippen LogP contribution in [0.2, 0.25) is 5.02 Å². The van der Waals surface area contributed by atoms with E-state index < -0.39 is 9.84 Å². The van der Waals surface area contributed by atoms with Crippen molar-refractivity contribution >= 4 is 44.9 Å². The van der Waals surface area contributed by atoms with E-state index in [2.05, 4.69) is 10.4 Å². The van der Waals surface area contributed by atoms with Crippen LogP contribution in [-0.2, 0) is 21.3 Å². The Bertz CT molecular complexity index is 956. The molecule has 0 bridgehead atoms. The average molecular weight is 398 g/mol. The van der Waals surface area contributed by atoms with Crippen molar-refractivity contribution in [2.24, 2.45) is 0 Å². The van der Waals surface area contributed by atoms with Gasteiger partial charge in [0.15, 0.2) is 9.84 Å². The molecule has 1 N–H and O–H groups in total. The van der Waals surface area contributed by atoms with Gasteiger partial charge in [-0.1, -0.05) is 17.7 Å². The molecule has 0 saturated carbocycles. The number of nitrogens with one attached hydrogen (secondary N) is 1. The fourth-order valence-electron chi connectivity index (χ4n) is 3.21. The number of nitrogens with zero attached hydrogens (tertiary/aromatic N) is 2. The van der Waals surface area contributed by atoms with Gasteiger partial charge >= 0.3 is 0 Å². The summed E-state index contributed by atoms with van der Waals surface area (Å²) >= 11 is 7.70. The molecule has 1 amide bonds. The molecule has 4 rings (SSSR count). The molecular formula is C16H16ClN3O3S2. The first-order chi connectivity index (χ1) is 11.9. The second-order valence-electron chi connectivity index (χ2n) is 6.23. The van der Waals surface area contributed by atoms with Crippen molar-refractivity contribution in [3.63, 3.8) is 0 Å². The molecule has 2 aliphatic rings. The van der Waals surface area contributed by atoms with E-state index in [4.69, 9.17) is 11.6 Å². The largest absolute Gasteiger partial charge is 0.306 e. The Balaban J connectivity index is 1.68. The molecule has 1 saturated heterocycles. The highest BCUT2D eigenvalue weighted by Gasteiger charge is 2.34. The van der Waals surface area contributed by atoms with Gasteiger partial charge in [-0.15, -0.1) is 0 Å². The molecule has 1 aromatic heterocycles. The van der Waals surface area contributed by atoms with Crippen LogP contribution in [0.5, 0.6) is 0 Å². The Morgan fingerprint density at radius 1 is 1.36 bits per heavy atom. The lowest BCUT2D eigenvalue weighted by atomic mass is 10.2. The number of carbonyl (C=O) groups is 1. The summed E-state index contributed by atoms with van der Waals surface area (Å²) in [6.45, 7) is 0. The van der Waals surface area contributed by atoms with Crippen molar-refractivity contribution < 1.29 is 13.2 Å². The van der Waals surface area contributed by atoms with Crippen molar-refractivity contribution in [3.8, 4) is 0 Å². The van der Waals surface area contributed by atoms with Crippen molar-refractivity contribution in [1.29, 1.82) is 0 Å². The van der Waals surface area contributed by atoms with Crippen LogP contribution in [0.25, 0.3) is 0 Å². The van der Waals surface area contributed by atoms with Gasteiger partial charge < -0.3 is 5.32 Å². The number of anilines is 1. The van der Waals surface area contributed by atoms with Crippen LogP contribution in [0.1, 0.15) is 34.1 Å². The van der Waals surface area contributed by atoms with E-state index >= 15 is 0 Å². The summed E-state index contributed by atoms with van der Waals surface area (Å²) in [6.07, 6.45) is 0.524. The smallest absolute Gasteiger partial charge is 0.256 e. The van der Waals surface area contributed by atoms with Gasteiger partial charge in [0.25, 0.3) is 5.91 Å². The van der Waals surface area contributed by atoms with E-state index in [1.54, 1.807) is 40.7 Å². The first-order valence-corrected chi connectivity index (χ1v) is 11.2. The molecule has 1 unspecified atom stereocenters. The molecule has 25 heavy (non-hydrogen) atoms. The number of halogens is 1. The number of fused-ring (bicyclic) bond motifs is 1. The predicted octanol–water partition coefficient (Wildman–Crippen LogP) is 2.90. The quantitative estimate of drug-likeness (QED) is 0.861. The zero-order valence-electron chi connectivity index (χ0n) is 13.2. The second-order valence-corrected chi connectivity index (χ2v) is 9.88. The minimum absolute atomic E-state index is 0.0702. The zero-order chi connectivity index (χ0) is 17.6. The molecule has 0 aliphatic carbocycles. The average Bonchev–Trinajstić information content (AvgIpc) is 3.23. The summed E-state index contributed by atoms with van der Waals surface area (Å²) in [5.41, 5.74) is 2.37. The van der Waals surface area contributed by atoms with Gasteiger partial charge in [-0.05, 0) is 24.6 Å². The molecule has 3 heterocycles. The molecule has 2 aliphatic heterocycles. The number of hydrogen-bond acceptors (Lipinski definition) is 5. The number of amides is 1. The molecule has 6 nitrogen and oxygen atoms in total. The van der Waals surface area contributed by atoms with E-state index in [0.717, 1.165) is 22.8 Å². The van der Waals surface area contributed by atoms with Crippen LogP contribution in [0.3, 0.4) is 0 Å². The summed E-state index contributed by atoms with van der Waals surface area (Å²) in [4.78, 5) is 12.6. The SMILES string of the molecule is O=C(Nc1c2c(nn1C1CCS(=O)(=O)C1)CSC2)c1cccc(Cl)c1. The monoisotopic (exact) mass is 397 g/mol. The lowest BCUT2D eigenvalue weighted by Crippen LogP contribution is -2.20. The Morgan fingerprint density at radius 2 is 2.20 bits per heavy atom. The van der Waals surface area contributed by atoms with Crippen LogP contribution in [0.15, 0.2) is 24.3 Å². The van der Waals surface area contributed by atoms with Crippen molar-refractivity contribution in [2.75, 3.05) is 16.8 Å². The highest BCUT2D eigenvalue weighted by molar-refractivity contribution is 7.98. The maximum atomic E-state index is 12.6. The number of carbonyl (C=O) groups excluding carboxylic acids is 1. The Labute approximate surface area is 154 Å². The van der Waals surface area contributed by atoms with E-state index in [0.29, 0.717) is 22.8 Å².